The van der Waals surface area contributed by atoms with Crippen LogP contribution in [0.25, 0.3) is 0 Å². The first-order valence-corrected chi connectivity index (χ1v) is 9.23. The smallest absolute Gasteiger partial charge is 0.340 e. The third-order valence-corrected chi connectivity index (χ3v) is 4.06. The maximum atomic E-state index is 12.2. The SMILES string of the molecule is CCOC(=O)c1ccccc1Nc1cc(Nc2cccc(C(C)=O)c2)nc(C)n1. The van der Waals surface area contributed by atoms with Crippen molar-refractivity contribution in [1.82, 2.24) is 9.97 Å². The zero-order valence-corrected chi connectivity index (χ0v) is 16.5. The Morgan fingerprint density at radius 3 is 2.41 bits per heavy atom. The van der Waals surface area contributed by atoms with E-state index in [1.54, 1.807) is 50.2 Å². The van der Waals surface area contributed by atoms with Gasteiger partial charge in [0.15, 0.2) is 5.78 Å². The second-order valence-corrected chi connectivity index (χ2v) is 6.34. The number of anilines is 4. The molecule has 0 amide bonds. The van der Waals surface area contributed by atoms with Gasteiger partial charge in [-0.1, -0.05) is 24.3 Å². The summed E-state index contributed by atoms with van der Waals surface area (Å²) in [4.78, 5) is 32.6. The number of Topliss-reactive ketones (excluding diaryl/α,β-unsaturated/α-hetero) is 1. The highest BCUT2D eigenvalue weighted by Gasteiger charge is 2.13. The maximum Gasteiger partial charge on any atom is 0.340 e. The summed E-state index contributed by atoms with van der Waals surface area (Å²) in [6.07, 6.45) is 0. The maximum absolute atomic E-state index is 12.2. The summed E-state index contributed by atoms with van der Waals surface area (Å²) >= 11 is 0. The van der Waals surface area contributed by atoms with Gasteiger partial charge in [0.1, 0.15) is 17.5 Å². The molecule has 0 aliphatic heterocycles. The lowest BCUT2D eigenvalue weighted by Gasteiger charge is -2.13. The first-order chi connectivity index (χ1) is 14.0. The van der Waals surface area contributed by atoms with Gasteiger partial charge in [0.25, 0.3) is 0 Å². The number of rotatable bonds is 7. The van der Waals surface area contributed by atoms with E-state index in [9.17, 15) is 9.59 Å². The van der Waals surface area contributed by atoms with Gasteiger partial charge in [-0.15, -0.1) is 0 Å². The van der Waals surface area contributed by atoms with Gasteiger partial charge < -0.3 is 15.4 Å². The van der Waals surface area contributed by atoms with Crippen molar-refractivity contribution >= 4 is 34.8 Å². The van der Waals surface area contributed by atoms with E-state index in [1.807, 2.05) is 18.2 Å². The standard InChI is InChI=1S/C22H22N4O3/c1-4-29-22(28)18-10-5-6-11-19(18)26-21-13-20(23-15(3)24-21)25-17-9-7-8-16(12-17)14(2)27/h5-13H,4H2,1-3H3,(H2,23,24,25,26). The molecule has 0 spiro atoms. The quantitative estimate of drug-likeness (QED) is 0.448. The van der Waals surface area contributed by atoms with Crippen LogP contribution >= 0.6 is 0 Å². The molecule has 29 heavy (non-hydrogen) atoms. The molecular weight excluding hydrogens is 368 g/mol. The van der Waals surface area contributed by atoms with Crippen LogP contribution in [-0.4, -0.2) is 28.3 Å². The third-order valence-electron chi connectivity index (χ3n) is 4.06. The van der Waals surface area contributed by atoms with Crippen LogP contribution in [0.5, 0.6) is 0 Å². The molecule has 0 aliphatic rings. The fourth-order valence-electron chi connectivity index (χ4n) is 2.78. The molecule has 0 bridgehead atoms. The molecule has 0 radical (unpaired) electrons. The lowest BCUT2D eigenvalue weighted by Crippen LogP contribution is -2.09. The Bertz CT molecular complexity index is 1050. The number of carbonyl (C=O) groups is 2. The van der Waals surface area contributed by atoms with Crippen LogP contribution in [0.15, 0.2) is 54.6 Å². The largest absolute Gasteiger partial charge is 0.462 e. The van der Waals surface area contributed by atoms with Crippen LogP contribution in [0, 0.1) is 6.92 Å². The number of esters is 1. The van der Waals surface area contributed by atoms with Crippen molar-refractivity contribution in [1.29, 1.82) is 0 Å². The average molecular weight is 390 g/mol. The molecule has 7 heteroatoms. The second kappa shape index (κ2) is 8.97. The highest BCUT2D eigenvalue weighted by molar-refractivity contribution is 5.96. The Balaban J connectivity index is 1.86. The molecule has 7 nitrogen and oxygen atoms in total. The van der Waals surface area contributed by atoms with Gasteiger partial charge >= 0.3 is 5.97 Å². The van der Waals surface area contributed by atoms with Crippen LogP contribution in [0.3, 0.4) is 0 Å². The van der Waals surface area contributed by atoms with Crippen molar-refractivity contribution < 1.29 is 14.3 Å². The lowest BCUT2D eigenvalue weighted by molar-refractivity contribution is 0.0527. The monoisotopic (exact) mass is 390 g/mol. The first kappa shape index (κ1) is 20.0. The summed E-state index contributed by atoms with van der Waals surface area (Å²) in [7, 11) is 0. The van der Waals surface area contributed by atoms with Crippen LogP contribution in [-0.2, 0) is 4.74 Å². The van der Waals surface area contributed by atoms with E-state index in [0.717, 1.165) is 5.69 Å². The Hall–Kier alpha value is -3.74. The van der Waals surface area contributed by atoms with E-state index < -0.39 is 5.97 Å². The molecule has 1 aromatic heterocycles. The van der Waals surface area contributed by atoms with E-state index >= 15 is 0 Å². The Morgan fingerprint density at radius 2 is 1.69 bits per heavy atom. The van der Waals surface area contributed by atoms with Crippen molar-refractivity contribution in [2.45, 2.75) is 20.8 Å². The van der Waals surface area contributed by atoms with Gasteiger partial charge in [-0.2, -0.15) is 0 Å². The summed E-state index contributed by atoms with van der Waals surface area (Å²) in [5, 5.41) is 6.35. The van der Waals surface area contributed by atoms with E-state index in [2.05, 4.69) is 20.6 Å². The fourth-order valence-corrected chi connectivity index (χ4v) is 2.78. The van der Waals surface area contributed by atoms with Crippen molar-refractivity contribution in [2.75, 3.05) is 17.2 Å². The molecular formula is C22H22N4O3. The van der Waals surface area contributed by atoms with Gasteiger partial charge in [-0.05, 0) is 45.0 Å². The van der Waals surface area contributed by atoms with E-state index in [1.165, 1.54) is 6.92 Å². The topological polar surface area (TPSA) is 93.2 Å². The Kier molecular flexibility index (Phi) is 6.19. The van der Waals surface area contributed by atoms with Crippen LogP contribution in [0.4, 0.5) is 23.0 Å². The van der Waals surface area contributed by atoms with Crippen molar-refractivity contribution in [2.24, 2.45) is 0 Å². The molecule has 0 aliphatic carbocycles. The van der Waals surface area contributed by atoms with Gasteiger partial charge in [0.2, 0.25) is 0 Å². The first-order valence-electron chi connectivity index (χ1n) is 9.23. The number of hydrogen-bond donors (Lipinski definition) is 2. The highest BCUT2D eigenvalue weighted by atomic mass is 16.5. The molecule has 3 aromatic rings. The van der Waals surface area contributed by atoms with Gasteiger partial charge in [-0.25, -0.2) is 14.8 Å². The minimum absolute atomic E-state index is 0.00885. The number of benzene rings is 2. The molecule has 0 atom stereocenters. The molecule has 0 unspecified atom stereocenters. The molecule has 2 aromatic carbocycles. The number of nitrogens with zero attached hydrogens (tertiary/aromatic N) is 2. The highest BCUT2D eigenvalue weighted by Crippen LogP contribution is 2.24. The lowest BCUT2D eigenvalue weighted by atomic mass is 10.1. The molecule has 1 heterocycles. The fraction of sp³-hybridized carbons (Fsp3) is 0.182. The summed E-state index contributed by atoms with van der Waals surface area (Å²) in [5.74, 6) is 1.23. The van der Waals surface area contributed by atoms with E-state index in [4.69, 9.17) is 4.74 Å². The number of ether oxygens (including phenoxy) is 1. The average Bonchev–Trinajstić information content (AvgIpc) is 2.68. The molecule has 0 saturated carbocycles. The summed E-state index contributed by atoms with van der Waals surface area (Å²) in [6.45, 7) is 5.37. The molecule has 3 rings (SSSR count). The minimum Gasteiger partial charge on any atom is -0.462 e. The number of para-hydroxylation sites is 1. The second-order valence-electron chi connectivity index (χ2n) is 6.34. The van der Waals surface area contributed by atoms with Crippen molar-refractivity contribution in [3.63, 3.8) is 0 Å². The predicted octanol–water partition coefficient (Wildman–Crippen LogP) is 4.65. The zero-order valence-electron chi connectivity index (χ0n) is 16.5. The summed E-state index contributed by atoms with van der Waals surface area (Å²) in [5.41, 5.74) is 2.37. The molecule has 0 fully saturated rings. The number of nitrogens with one attached hydrogen (secondary N) is 2. The van der Waals surface area contributed by atoms with Crippen molar-refractivity contribution in [3.8, 4) is 0 Å². The van der Waals surface area contributed by atoms with Gasteiger partial charge in [0.05, 0.1) is 17.9 Å². The zero-order chi connectivity index (χ0) is 20.8. The molecule has 2 N–H and O–H groups in total. The number of hydrogen-bond acceptors (Lipinski definition) is 7. The predicted molar refractivity (Wildman–Crippen MR) is 112 cm³/mol. The number of ketones is 1. The molecule has 148 valence electrons. The van der Waals surface area contributed by atoms with Gasteiger partial charge in [0, 0.05) is 17.3 Å². The normalized spacial score (nSPS) is 10.3. The summed E-state index contributed by atoms with van der Waals surface area (Å²) in [6, 6.07) is 16.0. The van der Waals surface area contributed by atoms with E-state index in [-0.39, 0.29) is 5.78 Å². The summed E-state index contributed by atoms with van der Waals surface area (Å²) < 4.78 is 5.11. The number of carbonyl (C=O) groups excluding carboxylic acids is 2. The van der Waals surface area contributed by atoms with Crippen LogP contribution in [0.1, 0.15) is 40.4 Å². The Labute approximate surface area is 169 Å². The van der Waals surface area contributed by atoms with Crippen LogP contribution < -0.4 is 10.6 Å². The minimum atomic E-state index is -0.402. The number of aryl methyl sites for hydroxylation is 1. The molecule has 0 saturated heterocycles. The van der Waals surface area contributed by atoms with Gasteiger partial charge in [-0.3, -0.25) is 4.79 Å². The number of aromatic nitrogens is 2. The van der Waals surface area contributed by atoms with E-state index in [0.29, 0.717) is 40.9 Å². The van der Waals surface area contributed by atoms with Crippen LogP contribution in [0.2, 0.25) is 0 Å². The van der Waals surface area contributed by atoms with Crippen molar-refractivity contribution in [3.05, 3.63) is 71.5 Å². The Morgan fingerprint density at radius 1 is 0.966 bits per heavy atom. The third kappa shape index (κ3) is 5.16.